The Hall–Kier alpha value is -2.21. The van der Waals surface area contributed by atoms with E-state index in [-0.39, 0.29) is 0 Å². The third kappa shape index (κ3) is 4.66. The summed E-state index contributed by atoms with van der Waals surface area (Å²) in [7, 11) is 0. The number of unbranched alkanes of at least 4 members (excludes halogenated alkanes) is 4. The minimum atomic E-state index is -1.51. The summed E-state index contributed by atoms with van der Waals surface area (Å²) in [6, 6.07) is 8.70. The zero-order chi connectivity index (χ0) is 18.3. The predicted molar refractivity (Wildman–Crippen MR) is 97.4 cm³/mol. The molecule has 2 rings (SSSR count). The van der Waals surface area contributed by atoms with Gasteiger partial charge >= 0.3 is 0 Å². The summed E-state index contributed by atoms with van der Waals surface area (Å²) in [5.41, 5.74) is -0.336. The van der Waals surface area contributed by atoms with E-state index in [1.165, 1.54) is 26.2 Å². The quantitative estimate of drug-likeness (QED) is 0.398. The number of pyridine rings is 1. The van der Waals surface area contributed by atoms with Crippen molar-refractivity contribution >= 4 is 10.9 Å². The van der Waals surface area contributed by atoms with Gasteiger partial charge in [-0.1, -0.05) is 32.6 Å². The van der Waals surface area contributed by atoms with Crippen molar-refractivity contribution in [2.75, 3.05) is 13.2 Å². The summed E-state index contributed by atoms with van der Waals surface area (Å²) in [5, 5.41) is 21.5. The predicted octanol–water partition coefficient (Wildman–Crippen LogP) is 4.07. The molecule has 0 saturated heterocycles. The zero-order valence-electron chi connectivity index (χ0n) is 14.9. The fraction of sp³-hybridized carbons (Fsp3) is 0.526. The Labute approximate surface area is 148 Å². The Morgan fingerprint density at radius 2 is 1.96 bits per heavy atom. The molecule has 0 amide bonds. The minimum Gasteiger partial charge on any atom is -0.478 e. The molecule has 1 aromatic carbocycles. The maximum atomic E-state index is 11.3. The fourth-order valence-electron chi connectivity index (χ4n) is 2.66. The van der Waals surface area contributed by atoms with Gasteiger partial charge in [0.05, 0.1) is 12.1 Å². The Balaban J connectivity index is 2.07. The average Bonchev–Trinajstić information content (AvgIpc) is 2.63. The van der Waals surface area contributed by atoms with E-state index in [4.69, 9.17) is 4.74 Å². The van der Waals surface area contributed by atoms with E-state index >= 15 is 0 Å². The number of fused-ring (bicyclic) bond motifs is 1. The second-order valence-electron chi connectivity index (χ2n) is 6.51. The van der Waals surface area contributed by atoms with Crippen molar-refractivity contribution in [3.63, 3.8) is 0 Å². The van der Waals surface area contributed by atoms with E-state index in [0.29, 0.717) is 18.1 Å². The molecule has 1 atom stereocenters. The van der Waals surface area contributed by atoms with Gasteiger partial charge in [0.15, 0.2) is 0 Å². The first-order valence-electron chi connectivity index (χ1n) is 8.80. The van der Waals surface area contributed by atoms with Gasteiger partial charge in [-0.25, -0.2) is 4.98 Å². The molecular formula is C19H26N2O4. The lowest BCUT2D eigenvalue weighted by atomic mass is 9.92. The number of nitro groups is 1. The molecule has 0 aliphatic rings. The summed E-state index contributed by atoms with van der Waals surface area (Å²) >= 11 is 0. The molecule has 0 bridgehead atoms. The monoisotopic (exact) mass is 346 g/mol. The van der Waals surface area contributed by atoms with Crippen molar-refractivity contribution in [1.29, 1.82) is 0 Å². The average molecular weight is 346 g/mol. The maximum absolute atomic E-state index is 11.3. The van der Waals surface area contributed by atoms with Crippen LogP contribution in [0.5, 0.6) is 5.88 Å². The van der Waals surface area contributed by atoms with Gasteiger partial charge < -0.3 is 9.84 Å². The van der Waals surface area contributed by atoms with Gasteiger partial charge in [0, 0.05) is 28.9 Å². The molecular weight excluding hydrogens is 320 g/mol. The lowest BCUT2D eigenvalue weighted by Gasteiger charge is -2.19. The summed E-state index contributed by atoms with van der Waals surface area (Å²) in [5.74, 6) is 0.565. The van der Waals surface area contributed by atoms with Crippen molar-refractivity contribution in [3.05, 3.63) is 46.0 Å². The maximum Gasteiger partial charge on any atom is 0.266 e. The van der Waals surface area contributed by atoms with E-state index in [1.54, 1.807) is 24.3 Å². The minimum absolute atomic E-state index is 0.457. The second-order valence-corrected chi connectivity index (χ2v) is 6.51. The van der Waals surface area contributed by atoms with E-state index < -0.39 is 17.1 Å². The molecule has 136 valence electrons. The van der Waals surface area contributed by atoms with Crippen LogP contribution in [0.15, 0.2) is 30.3 Å². The molecule has 0 spiro atoms. The SMILES string of the molecule is CCCCCCCOc1ccc2cc([C@@](C)(CO)[N+](=O)[O-])ccc2n1. The van der Waals surface area contributed by atoms with E-state index in [2.05, 4.69) is 11.9 Å². The van der Waals surface area contributed by atoms with Gasteiger partial charge in [0.25, 0.3) is 5.54 Å². The number of hydrogen-bond donors (Lipinski definition) is 1. The Morgan fingerprint density at radius 3 is 2.64 bits per heavy atom. The molecule has 25 heavy (non-hydrogen) atoms. The molecule has 6 heteroatoms. The first-order chi connectivity index (χ1) is 12.0. The van der Waals surface area contributed by atoms with Crippen LogP contribution in [0, 0.1) is 10.1 Å². The highest BCUT2D eigenvalue weighted by molar-refractivity contribution is 5.80. The summed E-state index contributed by atoms with van der Waals surface area (Å²) in [6.07, 6.45) is 5.88. The van der Waals surface area contributed by atoms with Crippen molar-refractivity contribution in [3.8, 4) is 5.88 Å². The number of aliphatic hydroxyl groups excluding tert-OH is 1. The molecule has 0 aliphatic carbocycles. The van der Waals surface area contributed by atoms with E-state index in [1.807, 2.05) is 6.07 Å². The number of rotatable bonds is 10. The highest BCUT2D eigenvalue weighted by Crippen LogP contribution is 2.27. The van der Waals surface area contributed by atoms with Crippen LogP contribution in [0.25, 0.3) is 10.9 Å². The first-order valence-corrected chi connectivity index (χ1v) is 8.80. The Kier molecular flexibility index (Phi) is 6.70. The Bertz CT molecular complexity index is 720. The first kappa shape index (κ1) is 19.1. The van der Waals surface area contributed by atoms with Crippen LogP contribution < -0.4 is 4.74 Å². The smallest absolute Gasteiger partial charge is 0.266 e. The molecule has 0 fully saturated rings. The van der Waals surface area contributed by atoms with Gasteiger partial charge in [-0.3, -0.25) is 10.1 Å². The summed E-state index contributed by atoms with van der Waals surface area (Å²) in [6.45, 7) is 3.69. The topological polar surface area (TPSA) is 85.5 Å². The number of ether oxygens (including phenoxy) is 1. The van der Waals surface area contributed by atoms with Crippen LogP contribution in [0.3, 0.4) is 0 Å². The lowest BCUT2D eigenvalue weighted by Crippen LogP contribution is -2.35. The van der Waals surface area contributed by atoms with Gasteiger partial charge in [-0.2, -0.15) is 0 Å². The number of aliphatic hydroxyl groups is 1. The molecule has 0 unspecified atom stereocenters. The normalized spacial score (nSPS) is 13.6. The molecule has 0 radical (unpaired) electrons. The molecule has 0 saturated carbocycles. The van der Waals surface area contributed by atoms with Gasteiger partial charge in [-0.15, -0.1) is 0 Å². The summed E-state index contributed by atoms with van der Waals surface area (Å²) < 4.78 is 5.69. The van der Waals surface area contributed by atoms with E-state index in [0.717, 1.165) is 23.7 Å². The molecule has 6 nitrogen and oxygen atoms in total. The van der Waals surface area contributed by atoms with Gasteiger partial charge in [-0.05, 0) is 30.7 Å². The lowest BCUT2D eigenvalue weighted by molar-refractivity contribution is -0.578. The fourth-order valence-corrected chi connectivity index (χ4v) is 2.66. The van der Waals surface area contributed by atoms with Crippen LogP contribution in [-0.2, 0) is 5.54 Å². The standard InChI is InChI=1S/C19H26N2O4/c1-3-4-5-6-7-12-25-18-11-8-15-13-16(9-10-17(15)20-18)19(2,14-22)21(23)24/h8-11,13,22H,3-7,12,14H2,1-2H3/t19-/m1/s1. The van der Waals surface area contributed by atoms with E-state index in [9.17, 15) is 15.2 Å². The Morgan fingerprint density at radius 1 is 1.20 bits per heavy atom. The second kappa shape index (κ2) is 8.76. The number of aromatic nitrogens is 1. The summed E-state index contributed by atoms with van der Waals surface area (Å²) in [4.78, 5) is 15.3. The van der Waals surface area contributed by atoms with Crippen LogP contribution in [0.1, 0.15) is 51.5 Å². The van der Waals surface area contributed by atoms with Gasteiger partial charge in [0.1, 0.15) is 6.61 Å². The number of nitrogens with zero attached hydrogens (tertiary/aromatic N) is 2. The van der Waals surface area contributed by atoms with Crippen LogP contribution in [-0.4, -0.2) is 28.2 Å². The largest absolute Gasteiger partial charge is 0.478 e. The molecule has 1 aromatic heterocycles. The van der Waals surface area contributed by atoms with Crippen molar-refractivity contribution in [2.24, 2.45) is 0 Å². The highest BCUT2D eigenvalue weighted by Gasteiger charge is 2.38. The van der Waals surface area contributed by atoms with Crippen molar-refractivity contribution < 1.29 is 14.8 Å². The number of hydrogen-bond acceptors (Lipinski definition) is 5. The van der Waals surface area contributed by atoms with Gasteiger partial charge in [0.2, 0.25) is 5.88 Å². The molecule has 1 heterocycles. The molecule has 2 aromatic rings. The van der Waals surface area contributed by atoms with Crippen LogP contribution in [0.4, 0.5) is 0 Å². The van der Waals surface area contributed by atoms with Crippen LogP contribution in [0.2, 0.25) is 0 Å². The third-order valence-electron chi connectivity index (χ3n) is 4.49. The van der Waals surface area contributed by atoms with Crippen LogP contribution >= 0.6 is 0 Å². The zero-order valence-corrected chi connectivity index (χ0v) is 14.9. The highest BCUT2D eigenvalue weighted by atomic mass is 16.6. The third-order valence-corrected chi connectivity index (χ3v) is 4.49. The molecule has 0 aliphatic heterocycles. The number of benzene rings is 1. The van der Waals surface area contributed by atoms with Crippen molar-refractivity contribution in [2.45, 2.75) is 51.5 Å². The molecule has 1 N–H and O–H groups in total. The van der Waals surface area contributed by atoms with Crippen molar-refractivity contribution in [1.82, 2.24) is 4.98 Å².